The Morgan fingerprint density at radius 1 is 1.04 bits per heavy atom. The number of H-pyrrole nitrogens is 1. The number of carbonyl (C=O) groups excluding carboxylic acids is 1. The standard InChI is InChI=1S/C21H19N5O2/c1-13-11-20(26-25-13)23-19-12-15-5-3-4-6-18(15)21(24-19)28-17-9-7-16(8-10-17)22-14(2)27/h3-12H,1-2H3,(H,22,27)(H2,23,24,25,26). The fraction of sp³-hybridized carbons (Fsp3) is 0.0952. The van der Waals surface area contributed by atoms with Gasteiger partial charge >= 0.3 is 0 Å². The minimum Gasteiger partial charge on any atom is -0.438 e. The van der Waals surface area contributed by atoms with Crippen molar-refractivity contribution >= 4 is 34.0 Å². The molecule has 4 rings (SSSR count). The van der Waals surface area contributed by atoms with Crippen molar-refractivity contribution in [2.45, 2.75) is 13.8 Å². The molecule has 0 spiro atoms. The summed E-state index contributed by atoms with van der Waals surface area (Å²) in [5.41, 5.74) is 1.67. The van der Waals surface area contributed by atoms with Crippen molar-refractivity contribution in [2.75, 3.05) is 10.6 Å². The maximum Gasteiger partial charge on any atom is 0.229 e. The van der Waals surface area contributed by atoms with Gasteiger partial charge in [0.25, 0.3) is 0 Å². The summed E-state index contributed by atoms with van der Waals surface area (Å²) in [5, 5.41) is 14.9. The second kappa shape index (κ2) is 7.40. The van der Waals surface area contributed by atoms with Crippen LogP contribution < -0.4 is 15.4 Å². The molecule has 0 unspecified atom stereocenters. The van der Waals surface area contributed by atoms with Crippen LogP contribution in [0.4, 0.5) is 17.3 Å². The second-order valence-corrected chi connectivity index (χ2v) is 6.40. The van der Waals surface area contributed by atoms with E-state index >= 15 is 0 Å². The fourth-order valence-electron chi connectivity index (χ4n) is 2.84. The predicted octanol–water partition coefficient (Wildman–Crippen LogP) is 4.76. The van der Waals surface area contributed by atoms with Crippen LogP contribution >= 0.6 is 0 Å². The van der Waals surface area contributed by atoms with Crippen molar-refractivity contribution in [2.24, 2.45) is 0 Å². The molecular formula is C21H19N5O2. The van der Waals surface area contributed by atoms with E-state index in [0.29, 0.717) is 29.0 Å². The first-order chi connectivity index (χ1) is 13.6. The largest absolute Gasteiger partial charge is 0.438 e. The summed E-state index contributed by atoms with van der Waals surface area (Å²) in [6.45, 7) is 3.41. The highest BCUT2D eigenvalue weighted by Crippen LogP contribution is 2.31. The van der Waals surface area contributed by atoms with Crippen molar-refractivity contribution in [3.05, 3.63) is 66.4 Å². The first-order valence-electron chi connectivity index (χ1n) is 8.81. The zero-order valence-corrected chi connectivity index (χ0v) is 15.5. The second-order valence-electron chi connectivity index (χ2n) is 6.40. The summed E-state index contributed by atoms with van der Waals surface area (Å²) in [6, 6.07) is 18.9. The molecule has 0 saturated heterocycles. The Hall–Kier alpha value is -3.87. The minimum atomic E-state index is -0.117. The number of aryl methyl sites for hydroxylation is 1. The summed E-state index contributed by atoms with van der Waals surface area (Å²) < 4.78 is 6.04. The van der Waals surface area contributed by atoms with Gasteiger partial charge in [-0.15, -0.1) is 0 Å². The molecule has 7 nitrogen and oxygen atoms in total. The highest BCUT2D eigenvalue weighted by atomic mass is 16.5. The van der Waals surface area contributed by atoms with Crippen LogP contribution in [0.2, 0.25) is 0 Å². The first-order valence-corrected chi connectivity index (χ1v) is 8.81. The van der Waals surface area contributed by atoms with Gasteiger partial charge in [0.15, 0.2) is 5.82 Å². The van der Waals surface area contributed by atoms with Crippen LogP contribution in [0.1, 0.15) is 12.6 Å². The molecule has 0 fully saturated rings. The maximum atomic E-state index is 11.2. The molecule has 28 heavy (non-hydrogen) atoms. The van der Waals surface area contributed by atoms with Crippen molar-refractivity contribution < 1.29 is 9.53 Å². The Labute approximate surface area is 161 Å². The van der Waals surface area contributed by atoms with E-state index in [9.17, 15) is 4.79 Å². The van der Waals surface area contributed by atoms with Gasteiger partial charge in [-0.05, 0) is 48.7 Å². The third-order valence-corrected chi connectivity index (χ3v) is 4.06. The lowest BCUT2D eigenvalue weighted by Crippen LogP contribution is -2.05. The van der Waals surface area contributed by atoms with Crippen molar-refractivity contribution in [1.82, 2.24) is 15.2 Å². The Morgan fingerprint density at radius 3 is 2.54 bits per heavy atom. The van der Waals surface area contributed by atoms with Crippen molar-refractivity contribution in [3.8, 4) is 11.6 Å². The Morgan fingerprint density at radius 2 is 1.82 bits per heavy atom. The molecule has 0 radical (unpaired) electrons. The van der Waals surface area contributed by atoms with Crippen LogP contribution in [0, 0.1) is 6.92 Å². The monoisotopic (exact) mass is 373 g/mol. The summed E-state index contributed by atoms with van der Waals surface area (Å²) >= 11 is 0. The molecule has 4 aromatic rings. The number of anilines is 3. The molecule has 0 atom stereocenters. The van der Waals surface area contributed by atoms with E-state index < -0.39 is 0 Å². The molecule has 0 bridgehead atoms. The summed E-state index contributed by atoms with van der Waals surface area (Å²) in [5.74, 6) is 2.31. The topological polar surface area (TPSA) is 91.9 Å². The molecule has 0 aliphatic rings. The van der Waals surface area contributed by atoms with Gasteiger partial charge < -0.3 is 15.4 Å². The average Bonchev–Trinajstić information content (AvgIpc) is 3.07. The van der Waals surface area contributed by atoms with Crippen LogP contribution in [0.3, 0.4) is 0 Å². The number of nitrogens with one attached hydrogen (secondary N) is 3. The number of aromatic amines is 1. The van der Waals surface area contributed by atoms with Gasteiger partial charge in [0.05, 0.1) is 0 Å². The SMILES string of the molecule is CC(=O)Nc1ccc(Oc2nc(Nc3cc(C)[nH]n3)cc3ccccc23)cc1. The molecular weight excluding hydrogens is 354 g/mol. The predicted molar refractivity (Wildman–Crippen MR) is 109 cm³/mol. The first kappa shape index (κ1) is 17.5. The number of benzene rings is 2. The third kappa shape index (κ3) is 3.93. The zero-order chi connectivity index (χ0) is 19.5. The molecule has 0 aliphatic heterocycles. The number of hydrogen-bond acceptors (Lipinski definition) is 5. The van der Waals surface area contributed by atoms with Crippen LogP contribution in [-0.4, -0.2) is 21.1 Å². The Bertz CT molecular complexity index is 1140. The molecule has 2 heterocycles. The number of carbonyl (C=O) groups is 1. The third-order valence-electron chi connectivity index (χ3n) is 4.06. The minimum absolute atomic E-state index is 0.117. The van der Waals surface area contributed by atoms with Crippen LogP contribution in [0.25, 0.3) is 10.8 Å². The molecule has 2 aromatic heterocycles. The Kier molecular flexibility index (Phi) is 4.63. The van der Waals surface area contributed by atoms with Crippen LogP contribution in [0.15, 0.2) is 60.7 Å². The highest BCUT2D eigenvalue weighted by molar-refractivity contribution is 5.90. The van der Waals surface area contributed by atoms with Crippen LogP contribution in [-0.2, 0) is 4.79 Å². The fourth-order valence-corrected chi connectivity index (χ4v) is 2.84. The van der Waals surface area contributed by atoms with Gasteiger partial charge in [-0.3, -0.25) is 9.89 Å². The quantitative estimate of drug-likeness (QED) is 0.469. The van der Waals surface area contributed by atoms with E-state index in [2.05, 4.69) is 25.8 Å². The normalized spacial score (nSPS) is 10.6. The van der Waals surface area contributed by atoms with E-state index in [0.717, 1.165) is 16.5 Å². The highest BCUT2D eigenvalue weighted by Gasteiger charge is 2.10. The number of fused-ring (bicyclic) bond motifs is 1. The van der Waals surface area contributed by atoms with Crippen LogP contribution in [0.5, 0.6) is 11.6 Å². The Balaban J connectivity index is 1.65. The van der Waals surface area contributed by atoms with Gasteiger partial charge in [-0.1, -0.05) is 18.2 Å². The number of aromatic nitrogens is 3. The summed E-state index contributed by atoms with van der Waals surface area (Å²) in [7, 11) is 0. The van der Waals surface area contributed by atoms with E-state index in [1.807, 2.05) is 43.3 Å². The number of amides is 1. The summed E-state index contributed by atoms with van der Waals surface area (Å²) in [4.78, 5) is 15.8. The lowest BCUT2D eigenvalue weighted by Gasteiger charge is -2.11. The number of pyridine rings is 1. The molecule has 0 saturated carbocycles. The smallest absolute Gasteiger partial charge is 0.229 e. The van der Waals surface area contributed by atoms with E-state index in [1.165, 1.54) is 6.92 Å². The zero-order valence-electron chi connectivity index (χ0n) is 15.5. The molecule has 2 aromatic carbocycles. The number of hydrogen-bond donors (Lipinski definition) is 3. The van der Waals surface area contributed by atoms with Gasteiger partial charge in [-0.25, -0.2) is 0 Å². The lowest BCUT2D eigenvalue weighted by atomic mass is 10.1. The van der Waals surface area contributed by atoms with Gasteiger partial charge in [0.1, 0.15) is 11.6 Å². The molecule has 140 valence electrons. The van der Waals surface area contributed by atoms with E-state index in [-0.39, 0.29) is 5.91 Å². The molecule has 1 amide bonds. The molecule has 0 aliphatic carbocycles. The number of ether oxygens (including phenoxy) is 1. The average molecular weight is 373 g/mol. The number of rotatable bonds is 5. The van der Waals surface area contributed by atoms with E-state index in [1.54, 1.807) is 24.3 Å². The molecule has 7 heteroatoms. The van der Waals surface area contributed by atoms with Gasteiger partial charge in [0.2, 0.25) is 11.8 Å². The maximum absolute atomic E-state index is 11.2. The van der Waals surface area contributed by atoms with Gasteiger partial charge in [-0.2, -0.15) is 10.1 Å². The lowest BCUT2D eigenvalue weighted by molar-refractivity contribution is -0.114. The van der Waals surface area contributed by atoms with Gasteiger partial charge in [0, 0.05) is 29.8 Å². The van der Waals surface area contributed by atoms with Crippen molar-refractivity contribution in [3.63, 3.8) is 0 Å². The molecule has 3 N–H and O–H groups in total. The van der Waals surface area contributed by atoms with E-state index in [4.69, 9.17) is 4.74 Å². The number of nitrogens with zero attached hydrogens (tertiary/aromatic N) is 2. The summed E-state index contributed by atoms with van der Waals surface area (Å²) in [6.07, 6.45) is 0. The van der Waals surface area contributed by atoms with Crippen molar-refractivity contribution in [1.29, 1.82) is 0 Å².